The Morgan fingerprint density at radius 3 is 1.56 bits per heavy atom. The molecule has 1 aliphatic rings. The maximum atomic E-state index is 5.17. The maximum Gasteiger partial charge on any atom is 0.157 e. The number of benzene rings is 7. The van der Waals surface area contributed by atoms with Gasteiger partial charge in [0.15, 0.2) is 5.82 Å². The second-order valence-corrected chi connectivity index (χ2v) is 12.2. The molecule has 8 aromatic rings. The van der Waals surface area contributed by atoms with E-state index in [1.54, 1.807) is 0 Å². The summed E-state index contributed by atoms with van der Waals surface area (Å²) in [4.78, 5) is 10.3. The summed E-state index contributed by atoms with van der Waals surface area (Å²) in [5.41, 5.74) is 13.7. The largest absolute Gasteiger partial charge is 0.338 e. The van der Waals surface area contributed by atoms with E-state index >= 15 is 0 Å². The van der Waals surface area contributed by atoms with E-state index in [4.69, 9.17) is 9.97 Å². The quantitative estimate of drug-likeness (QED) is 0.203. The van der Waals surface area contributed by atoms with Gasteiger partial charge in [-0.25, -0.2) is 9.97 Å². The molecule has 0 spiro atoms. The summed E-state index contributed by atoms with van der Waals surface area (Å²) in [5, 5.41) is 3.82. The fraction of sp³-hybridized carbons (Fsp3) is 0.0222. The molecule has 0 radical (unpaired) electrons. The van der Waals surface area contributed by atoms with Gasteiger partial charge in [-0.15, -0.1) is 0 Å². The minimum absolute atomic E-state index is 0.492. The molecule has 48 heavy (non-hydrogen) atoms. The third-order valence-electron chi connectivity index (χ3n) is 9.55. The lowest BCUT2D eigenvalue weighted by molar-refractivity contribution is 0.769. The Balaban J connectivity index is 1.34. The molecular formula is C45H31N3. The van der Waals surface area contributed by atoms with Crippen LogP contribution in [0.25, 0.3) is 44.5 Å². The molecule has 1 N–H and O–H groups in total. The first-order valence-electron chi connectivity index (χ1n) is 16.3. The highest BCUT2D eigenvalue weighted by Gasteiger charge is 2.46. The lowest BCUT2D eigenvalue weighted by Crippen LogP contribution is -2.28. The van der Waals surface area contributed by atoms with E-state index in [0.29, 0.717) is 0 Å². The molecule has 0 amide bonds. The van der Waals surface area contributed by atoms with E-state index in [1.165, 1.54) is 33.4 Å². The third kappa shape index (κ3) is 4.44. The second kappa shape index (κ2) is 11.5. The average molecular weight is 614 g/mol. The Bertz CT molecular complexity index is 2360. The van der Waals surface area contributed by atoms with Crippen molar-refractivity contribution in [3.05, 3.63) is 204 Å². The molecule has 1 aliphatic carbocycles. The van der Waals surface area contributed by atoms with E-state index in [0.717, 1.165) is 44.9 Å². The molecule has 0 bridgehead atoms. The molecule has 0 saturated heterocycles. The molecule has 3 heteroatoms. The molecule has 1 aromatic heterocycles. The monoisotopic (exact) mass is 613 g/mol. The van der Waals surface area contributed by atoms with Crippen molar-refractivity contribution in [2.75, 3.05) is 5.32 Å². The standard InChI is InChI=1S/C45H31N3/c1-5-17-31(18-6-1)36-29-39-37(30-42(36)48-44-43(32-19-7-2-8-20-32)46-40-27-15-16-28-41(40)47-44)35-25-13-14-26-38(35)45(39,33-21-9-3-10-22-33)34-23-11-4-12-24-34/h1-30H,(H,47,48). The van der Waals surface area contributed by atoms with Crippen molar-refractivity contribution in [1.82, 2.24) is 9.97 Å². The lowest BCUT2D eigenvalue weighted by Gasteiger charge is -2.34. The van der Waals surface area contributed by atoms with Crippen molar-refractivity contribution in [2.45, 2.75) is 5.41 Å². The molecule has 7 aromatic carbocycles. The van der Waals surface area contributed by atoms with Crippen LogP contribution in [0.3, 0.4) is 0 Å². The highest BCUT2D eigenvalue weighted by molar-refractivity contribution is 5.95. The van der Waals surface area contributed by atoms with Crippen LogP contribution in [-0.2, 0) is 5.41 Å². The highest BCUT2D eigenvalue weighted by atomic mass is 15.0. The van der Waals surface area contributed by atoms with Crippen LogP contribution in [0.4, 0.5) is 11.5 Å². The lowest BCUT2D eigenvalue weighted by atomic mass is 9.67. The van der Waals surface area contributed by atoms with Gasteiger partial charge >= 0.3 is 0 Å². The first-order chi connectivity index (χ1) is 23.8. The molecule has 1 heterocycles. The average Bonchev–Trinajstić information content (AvgIpc) is 3.45. The summed E-state index contributed by atoms with van der Waals surface area (Å²) in [5.74, 6) is 0.723. The summed E-state index contributed by atoms with van der Waals surface area (Å²) in [6, 6.07) is 64.5. The number of nitrogens with one attached hydrogen (secondary N) is 1. The number of rotatable bonds is 6. The number of para-hydroxylation sites is 2. The second-order valence-electron chi connectivity index (χ2n) is 12.2. The van der Waals surface area contributed by atoms with Crippen LogP contribution < -0.4 is 5.32 Å². The Hall–Kier alpha value is -6.32. The van der Waals surface area contributed by atoms with Gasteiger partial charge in [0.2, 0.25) is 0 Å². The van der Waals surface area contributed by atoms with Crippen molar-refractivity contribution in [1.29, 1.82) is 0 Å². The molecular weight excluding hydrogens is 583 g/mol. The van der Waals surface area contributed by atoms with Gasteiger partial charge in [0.05, 0.1) is 16.4 Å². The minimum Gasteiger partial charge on any atom is -0.338 e. The number of hydrogen-bond acceptors (Lipinski definition) is 3. The summed E-state index contributed by atoms with van der Waals surface area (Å²) < 4.78 is 0. The number of fused-ring (bicyclic) bond motifs is 4. The van der Waals surface area contributed by atoms with Crippen LogP contribution in [0.1, 0.15) is 22.3 Å². The topological polar surface area (TPSA) is 37.8 Å². The van der Waals surface area contributed by atoms with Crippen LogP contribution in [-0.4, -0.2) is 9.97 Å². The Morgan fingerprint density at radius 2 is 0.917 bits per heavy atom. The van der Waals surface area contributed by atoms with Crippen molar-refractivity contribution in [2.24, 2.45) is 0 Å². The van der Waals surface area contributed by atoms with Crippen LogP contribution in [0.2, 0.25) is 0 Å². The predicted octanol–water partition coefficient (Wildman–Crippen LogP) is 11.1. The summed E-state index contributed by atoms with van der Waals surface area (Å²) >= 11 is 0. The summed E-state index contributed by atoms with van der Waals surface area (Å²) in [7, 11) is 0. The fourth-order valence-corrected chi connectivity index (χ4v) is 7.46. The summed E-state index contributed by atoms with van der Waals surface area (Å²) in [6.07, 6.45) is 0. The van der Waals surface area contributed by atoms with Gasteiger partial charge in [0.25, 0.3) is 0 Å². The smallest absolute Gasteiger partial charge is 0.157 e. The molecule has 0 fully saturated rings. The van der Waals surface area contributed by atoms with Crippen molar-refractivity contribution < 1.29 is 0 Å². The maximum absolute atomic E-state index is 5.17. The zero-order valence-corrected chi connectivity index (χ0v) is 26.2. The number of anilines is 2. The van der Waals surface area contributed by atoms with Gasteiger partial charge < -0.3 is 5.32 Å². The summed E-state index contributed by atoms with van der Waals surface area (Å²) in [6.45, 7) is 0. The van der Waals surface area contributed by atoms with E-state index in [9.17, 15) is 0 Å². The molecule has 3 nitrogen and oxygen atoms in total. The van der Waals surface area contributed by atoms with E-state index in [2.05, 4.69) is 145 Å². The first kappa shape index (κ1) is 27.9. The normalized spacial score (nSPS) is 12.8. The van der Waals surface area contributed by atoms with Crippen molar-refractivity contribution >= 4 is 22.5 Å². The van der Waals surface area contributed by atoms with E-state index in [-0.39, 0.29) is 0 Å². The molecule has 226 valence electrons. The predicted molar refractivity (Wildman–Crippen MR) is 197 cm³/mol. The third-order valence-corrected chi connectivity index (χ3v) is 9.55. The molecule has 0 saturated carbocycles. The van der Waals surface area contributed by atoms with Gasteiger partial charge in [-0.05, 0) is 63.2 Å². The van der Waals surface area contributed by atoms with E-state index in [1.807, 2.05) is 42.5 Å². The zero-order chi connectivity index (χ0) is 31.9. The van der Waals surface area contributed by atoms with E-state index < -0.39 is 5.41 Å². The minimum atomic E-state index is -0.492. The van der Waals surface area contributed by atoms with Crippen LogP contribution >= 0.6 is 0 Å². The van der Waals surface area contributed by atoms with Crippen LogP contribution in [0, 0.1) is 0 Å². The van der Waals surface area contributed by atoms with Crippen molar-refractivity contribution in [3.63, 3.8) is 0 Å². The number of hydrogen-bond donors (Lipinski definition) is 1. The number of aromatic nitrogens is 2. The van der Waals surface area contributed by atoms with Crippen molar-refractivity contribution in [3.8, 4) is 33.5 Å². The zero-order valence-electron chi connectivity index (χ0n) is 26.2. The molecule has 0 atom stereocenters. The SMILES string of the molecule is c1ccc(-c2cc3c(cc2Nc2nc4ccccc4nc2-c2ccccc2)-c2ccccc2C3(c2ccccc2)c2ccccc2)cc1. The Labute approximate surface area is 280 Å². The van der Waals surface area contributed by atoms with Gasteiger partial charge in [-0.2, -0.15) is 0 Å². The van der Waals surface area contributed by atoms with Crippen LogP contribution in [0.5, 0.6) is 0 Å². The Morgan fingerprint density at radius 1 is 0.396 bits per heavy atom. The first-order valence-corrected chi connectivity index (χ1v) is 16.3. The molecule has 0 unspecified atom stereocenters. The molecule has 0 aliphatic heterocycles. The number of nitrogens with zero attached hydrogens (tertiary/aromatic N) is 2. The highest BCUT2D eigenvalue weighted by Crippen LogP contribution is 2.57. The van der Waals surface area contributed by atoms with Crippen LogP contribution in [0.15, 0.2) is 182 Å². The van der Waals surface area contributed by atoms with Gasteiger partial charge in [0.1, 0.15) is 5.69 Å². The van der Waals surface area contributed by atoms with Gasteiger partial charge in [0, 0.05) is 16.8 Å². The Kier molecular flexibility index (Phi) is 6.69. The van der Waals surface area contributed by atoms with Gasteiger partial charge in [-0.3, -0.25) is 0 Å². The fourth-order valence-electron chi connectivity index (χ4n) is 7.46. The molecule has 9 rings (SSSR count). The van der Waals surface area contributed by atoms with Gasteiger partial charge in [-0.1, -0.05) is 158 Å².